The first-order chi connectivity index (χ1) is 6.84. The minimum Gasteiger partial charge on any atom is -0.388 e. The lowest BCUT2D eigenvalue weighted by molar-refractivity contribution is -0.0406. The molecule has 3 fully saturated rings. The van der Waals surface area contributed by atoms with E-state index in [1.165, 1.54) is 0 Å². The second-order valence-corrected chi connectivity index (χ2v) is 3.99. The van der Waals surface area contributed by atoms with Gasteiger partial charge in [0.2, 0.25) is 0 Å². The van der Waals surface area contributed by atoms with Crippen LogP contribution < -0.4 is 0 Å². The average molecular weight is 202 g/mol. The third kappa shape index (κ3) is 1.55. The van der Waals surface area contributed by atoms with E-state index in [1.807, 2.05) is 0 Å². The molecule has 0 radical (unpaired) electrons. The number of rotatable bonds is 3. The maximum atomic E-state index is 9.48. The van der Waals surface area contributed by atoms with Gasteiger partial charge in [0.05, 0.1) is 26.4 Å². The van der Waals surface area contributed by atoms with Crippen LogP contribution in [-0.2, 0) is 18.9 Å². The van der Waals surface area contributed by atoms with Gasteiger partial charge in [-0.3, -0.25) is 0 Å². The molecule has 1 N–H and O–H groups in total. The van der Waals surface area contributed by atoms with E-state index < -0.39 is 6.10 Å². The van der Waals surface area contributed by atoms with Crippen molar-refractivity contribution in [2.45, 2.75) is 30.5 Å². The molecule has 3 heterocycles. The minimum atomic E-state index is -0.495. The first-order valence-electron chi connectivity index (χ1n) is 4.99. The number of fused-ring (bicyclic) bond motifs is 1. The Morgan fingerprint density at radius 2 is 1.86 bits per heavy atom. The summed E-state index contributed by atoms with van der Waals surface area (Å²) in [6, 6.07) is 0. The highest BCUT2D eigenvalue weighted by Crippen LogP contribution is 2.29. The zero-order valence-corrected chi connectivity index (χ0v) is 7.80. The molecule has 0 amide bonds. The highest BCUT2D eigenvalue weighted by atomic mass is 16.6. The highest BCUT2D eigenvalue weighted by molar-refractivity contribution is 4.95. The SMILES string of the molecule is OC1COC2C(OCC3CO3)COC12. The number of aliphatic hydroxyl groups excluding tert-OH is 1. The van der Waals surface area contributed by atoms with Gasteiger partial charge >= 0.3 is 0 Å². The summed E-state index contributed by atoms with van der Waals surface area (Å²) in [7, 11) is 0. The molecule has 0 aromatic carbocycles. The number of hydrogen-bond acceptors (Lipinski definition) is 5. The molecular weight excluding hydrogens is 188 g/mol. The second kappa shape index (κ2) is 3.43. The maximum absolute atomic E-state index is 9.48. The van der Waals surface area contributed by atoms with E-state index in [9.17, 15) is 5.11 Å². The Labute approximate surface area is 81.9 Å². The van der Waals surface area contributed by atoms with Crippen molar-refractivity contribution in [1.29, 1.82) is 0 Å². The van der Waals surface area contributed by atoms with Crippen LogP contribution in [0.3, 0.4) is 0 Å². The van der Waals surface area contributed by atoms with Crippen LogP contribution in [0.4, 0.5) is 0 Å². The number of epoxide rings is 1. The van der Waals surface area contributed by atoms with E-state index in [0.29, 0.717) is 19.8 Å². The third-order valence-corrected chi connectivity index (χ3v) is 2.88. The van der Waals surface area contributed by atoms with Crippen molar-refractivity contribution >= 4 is 0 Å². The summed E-state index contributed by atoms with van der Waals surface area (Å²) in [5, 5.41) is 9.48. The van der Waals surface area contributed by atoms with Crippen LogP contribution in [0.2, 0.25) is 0 Å². The summed E-state index contributed by atoms with van der Waals surface area (Å²) in [4.78, 5) is 0. The Hall–Kier alpha value is -0.200. The largest absolute Gasteiger partial charge is 0.388 e. The van der Waals surface area contributed by atoms with Crippen LogP contribution in [0, 0.1) is 0 Å². The van der Waals surface area contributed by atoms with Crippen LogP contribution in [0.1, 0.15) is 0 Å². The zero-order valence-electron chi connectivity index (χ0n) is 7.80. The molecule has 3 saturated heterocycles. The molecule has 3 rings (SSSR count). The molecule has 3 aliphatic rings. The second-order valence-electron chi connectivity index (χ2n) is 3.99. The summed E-state index contributed by atoms with van der Waals surface area (Å²) >= 11 is 0. The molecule has 14 heavy (non-hydrogen) atoms. The van der Waals surface area contributed by atoms with Crippen molar-refractivity contribution in [2.75, 3.05) is 26.4 Å². The highest BCUT2D eigenvalue weighted by Gasteiger charge is 2.48. The monoisotopic (exact) mass is 202 g/mol. The minimum absolute atomic E-state index is 0.0404. The van der Waals surface area contributed by atoms with Gasteiger partial charge in [-0.15, -0.1) is 0 Å². The standard InChI is InChI=1S/C9H14O5/c10-6-3-13-9-7(4-14-8(6)9)12-2-5-1-11-5/h5-10H,1-4H2. The lowest BCUT2D eigenvalue weighted by Crippen LogP contribution is -2.33. The van der Waals surface area contributed by atoms with Crippen LogP contribution in [0.15, 0.2) is 0 Å². The van der Waals surface area contributed by atoms with Crippen molar-refractivity contribution in [3.63, 3.8) is 0 Å². The molecule has 0 saturated carbocycles. The topological polar surface area (TPSA) is 60.5 Å². The number of hydrogen-bond donors (Lipinski definition) is 1. The van der Waals surface area contributed by atoms with Gasteiger partial charge < -0.3 is 24.1 Å². The molecule has 5 heteroatoms. The summed E-state index contributed by atoms with van der Waals surface area (Å²) in [6.07, 6.45) is -0.559. The fourth-order valence-corrected chi connectivity index (χ4v) is 1.98. The predicted octanol–water partition coefficient (Wildman–Crippen LogP) is -1.07. The van der Waals surface area contributed by atoms with Crippen LogP contribution >= 0.6 is 0 Å². The fraction of sp³-hybridized carbons (Fsp3) is 1.00. The van der Waals surface area contributed by atoms with Gasteiger partial charge in [0.1, 0.15) is 30.5 Å². The van der Waals surface area contributed by atoms with E-state index in [2.05, 4.69) is 0 Å². The Morgan fingerprint density at radius 1 is 1.07 bits per heavy atom. The molecule has 0 spiro atoms. The molecule has 0 aromatic heterocycles. The normalized spacial score (nSPS) is 50.8. The number of aliphatic hydroxyl groups is 1. The van der Waals surface area contributed by atoms with Gasteiger partial charge in [-0.05, 0) is 0 Å². The summed E-state index contributed by atoms with van der Waals surface area (Å²) in [5.74, 6) is 0. The Kier molecular flexibility index (Phi) is 2.22. The van der Waals surface area contributed by atoms with Gasteiger partial charge in [-0.2, -0.15) is 0 Å². The number of ether oxygens (including phenoxy) is 4. The molecule has 0 aliphatic carbocycles. The zero-order chi connectivity index (χ0) is 9.54. The van der Waals surface area contributed by atoms with Crippen molar-refractivity contribution in [1.82, 2.24) is 0 Å². The Balaban J connectivity index is 1.54. The fourth-order valence-electron chi connectivity index (χ4n) is 1.98. The molecule has 3 aliphatic heterocycles. The first-order valence-corrected chi connectivity index (χ1v) is 4.99. The van der Waals surface area contributed by atoms with E-state index in [-0.39, 0.29) is 24.4 Å². The first kappa shape index (κ1) is 9.06. The van der Waals surface area contributed by atoms with Crippen molar-refractivity contribution < 1.29 is 24.1 Å². The summed E-state index contributed by atoms with van der Waals surface area (Å²) in [6.45, 7) is 2.27. The van der Waals surface area contributed by atoms with Crippen LogP contribution in [0.5, 0.6) is 0 Å². The molecule has 0 bridgehead atoms. The maximum Gasteiger partial charge on any atom is 0.115 e. The predicted molar refractivity (Wildman–Crippen MR) is 45.0 cm³/mol. The van der Waals surface area contributed by atoms with Gasteiger partial charge in [0, 0.05) is 0 Å². The van der Waals surface area contributed by atoms with Gasteiger partial charge in [0.25, 0.3) is 0 Å². The molecule has 80 valence electrons. The molecular formula is C9H14O5. The smallest absolute Gasteiger partial charge is 0.115 e. The van der Waals surface area contributed by atoms with E-state index >= 15 is 0 Å². The average Bonchev–Trinajstić information content (AvgIpc) is 2.81. The van der Waals surface area contributed by atoms with Crippen molar-refractivity contribution in [2.24, 2.45) is 0 Å². The van der Waals surface area contributed by atoms with E-state index in [4.69, 9.17) is 18.9 Å². The Morgan fingerprint density at radius 3 is 2.64 bits per heavy atom. The molecule has 5 unspecified atom stereocenters. The Bertz CT molecular complexity index is 217. The van der Waals surface area contributed by atoms with Crippen molar-refractivity contribution in [3.8, 4) is 0 Å². The van der Waals surface area contributed by atoms with Gasteiger partial charge in [-0.25, -0.2) is 0 Å². The molecule has 5 atom stereocenters. The lowest BCUT2D eigenvalue weighted by Gasteiger charge is -2.15. The quantitative estimate of drug-likeness (QED) is 0.590. The van der Waals surface area contributed by atoms with Crippen molar-refractivity contribution in [3.05, 3.63) is 0 Å². The van der Waals surface area contributed by atoms with Gasteiger partial charge in [0.15, 0.2) is 0 Å². The summed E-state index contributed by atoms with van der Waals surface area (Å²) < 4.78 is 21.5. The molecule has 0 aromatic rings. The third-order valence-electron chi connectivity index (χ3n) is 2.88. The van der Waals surface area contributed by atoms with E-state index in [0.717, 1.165) is 6.61 Å². The van der Waals surface area contributed by atoms with Gasteiger partial charge in [-0.1, -0.05) is 0 Å². The lowest BCUT2D eigenvalue weighted by atomic mass is 10.1. The van der Waals surface area contributed by atoms with Crippen LogP contribution in [-0.4, -0.2) is 62.1 Å². The molecule has 5 nitrogen and oxygen atoms in total. The van der Waals surface area contributed by atoms with Crippen LogP contribution in [0.25, 0.3) is 0 Å². The van der Waals surface area contributed by atoms with E-state index in [1.54, 1.807) is 0 Å². The summed E-state index contributed by atoms with van der Waals surface area (Å²) in [5.41, 5.74) is 0.